The number of rotatable bonds is 3. The predicted molar refractivity (Wildman–Crippen MR) is 59.7 cm³/mol. The Morgan fingerprint density at radius 3 is 2.50 bits per heavy atom. The molecule has 16 heavy (non-hydrogen) atoms. The molecule has 0 radical (unpaired) electrons. The van der Waals surface area contributed by atoms with Gasteiger partial charge in [0.2, 0.25) is 0 Å². The lowest BCUT2D eigenvalue weighted by Crippen LogP contribution is -2.19. The zero-order valence-electron chi connectivity index (χ0n) is 7.94. The topological polar surface area (TPSA) is 31.4 Å². The second-order valence-corrected chi connectivity index (χ2v) is 4.03. The minimum Gasteiger partial charge on any atom is -0.491 e. The fraction of sp³-hybridized carbons (Fsp3) is 0.375. The Hall–Kier alpha value is -0.440. The molecule has 1 aromatic rings. The van der Waals surface area contributed by atoms with Gasteiger partial charge in [-0.1, -0.05) is 0 Å². The summed E-state index contributed by atoms with van der Waals surface area (Å²) < 4.78 is 45.3. The molecule has 0 aliphatic rings. The first-order valence-electron chi connectivity index (χ1n) is 3.92. The van der Waals surface area contributed by atoms with E-state index in [0.717, 1.165) is 0 Å². The molecule has 0 aliphatic heterocycles. The number of aromatic nitrogens is 1. The van der Waals surface area contributed by atoms with Crippen molar-refractivity contribution in [3.8, 4) is 11.5 Å². The lowest BCUT2D eigenvalue weighted by Gasteiger charge is -2.15. The number of ether oxygens (including phenoxy) is 2. The highest BCUT2D eigenvalue weighted by molar-refractivity contribution is 14.1. The van der Waals surface area contributed by atoms with Crippen molar-refractivity contribution in [2.45, 2.75) is 12.2 Å². The molecule has 0 aliphatic carbocycles. The summed E-state index contributed by atoms with van der Waals surface area (Å²) in [6.07, 6.45) is -3.54. The van der Waals surface area contributed by atoms with Crippen LogP contribution in [0.3, 0.4) is 0 Å². The fourth-order valence-corrected chi connectivity index (χ4v) is 1.69. The van der Waals surface area contributed by atoms with Gasteiger partial charge in [-0.25, -0.2) is 0 Å². The summed E-state index contributed by atoms with van der Waals surface area (Å²) in [6, 6.07) is 0. The fourth-order valence-electron chi connectivity index (χ4n) is 1.01. The molecule has 0 saturated carbocycles. The van der Waals surface area contributed by atoms with Crippen LogP contribution in [0.25, 0.3) is 0 Å². The molecule has 1 heterocycles. The van der Waals surface area contributed by atoms with E-state index in [9.17, 15) is 13.2 Å². The van der Waals surface area contributed by atoms with Crippen LogP contribution in [0.15, 0.2) is 6.20 Å². The van der Waals surface area contributed by atoms with E-state index in [1.807, 2.05) is 0 Å². The number of alkyl halides is 4. The van der Waals surface area contributed by atoms with Crippen molar-refractivity contribution in [1.29, 1.82) is 0 Å². The maximum Gasteiger partial charge on any atom is 0.573 e. The highest BCUT2D eigenvalue weighted by Gasteiger charge is 2.34. The van der Waals surface area contributed by atoms with E-state index in [1.165, 1.54) is 13.3 Å². The Balaban J connectivity index is 3.23. The molecule has 1 rings (SSSR count). The van der Waals surface area contributed by atoms with Crippen LogP contribution in [-0.4, -0.2) is 18.5 Å². The first-order valence-corrected chi connectivity index (χ1v) is 5.53. The summed E-state index contributed by atoms with van der Waals surface area (Å²) in [4.78, 5) is 3.85. The number of hydrogen-bond acceptors (Lipinski definition) is 3. The molecule has 3 nitrogen and oxygen atoms in total. The third kappa shape index (κ3) is 3.27. The smallest absolute Gasteiger partial charge is 0.491 e. The zero-order chi connectivity index (χ0) is 12.3. The summed E-state index contributed by atoms with van der Waals surface area (Å²) in [5.41, 5.74) is 0.198. The van der Waals surface area contributed by atoms with Crippen molar-refractivity contribution in [2.75, 3.05) is 7.11 Å². The first-order chi connectivity index (χ1) is 7.39. The van der Waals surface area contributed by atoms with Crippen molar-refractivity contribution in [3.63, 3.8) is 0 Å². The number of halogens is 5. The maximum absolute atomic E-state index is 12.1. The molecule has 0 spiro atoms. The Morgan fingerprint density at radius 1 is 1.44 bits per heavy atom. The summed E-state index contributed by atoms with van der Waals surface area (Å²) in [5.74, 6) is -0.575. The molecular formula is C8H6ClF3INO2. The van der Waals surface area contributed by atoms with Crippen molar-refractivity contribution < 1.29 is 22.6 Å². The third-order valence-corrected chi connectivity index (χ3v) is 2.59. The summed E-state index contributed by atoms with van der Waals surface area (Å²) >= 11 is 7.20. The normalized spacial score (nSPS) is 11.4. The van der Waals surface area contributed by atoms with Gasteiger partial charge in [0.15, 0.2) is 11.5 Å². The van der Waals surface area contributed by atoms with Crippen LogP contribution >= 0.6 is 34.2 Å². The van der Waals surface area contributed by atoms with Gasteiger partial charge in [0.1, 0.15) is 5.69 Å². The second-order valence-electron chi connectivity index (χ2n) is 2.60. The quantitative estimate of drug-likeness (QED) is 0.607. The highest BCUT2D eigenvalue weighted by Crippen LogP contribution is 2.38. The molecule has 0 fully saturated rings. The standard InChI is InChI=1S/C8H6ClF3INO2/c1-15-7-5(2-9)14-3-4(13)6(7)16-8(10,11)12/h3H,2H2,1H3. The number of nitrogens with zero attached hydrogens (tertiary/aromatic N) is 1. The van der Waals surface area contributed by atoms with E-state index in [-0.39, 0.29) is 20.9 Å². The van der Waals surface area contributed by atoms with Gasteiger partial charge in [0.25, 0.3) is 0 Å². The third-order valence-electron chi connectivity index (χ3n) is 1.57. The SMILES string of the molecule is COc1c(CCl)ncc(I)c1OC(F)(F)F. The van der Waals surface area contributed by atoms with E-state index in [2.05, 4.69) is 9.72 Å². The van der Waals surface area contributed by atoms with E-state index in [4.69, 9.17) is 16.3 Å². The molecule has 0 saturated heterocycles. The van der Waals surface area contributed by atoms with Gasteiger partial charge in [-0.05, 0) is 22.6 Å². The number of pyridine rings is 1. The van der Waals surface area contributed by atoms with Gasteiger partial charge in [-0.2, -0.15) is 0 Å². The van der Waals surface area contributed by atoms with Crippen LogP contribution in [0.2, 0.25) is 0 Å². The minimum absolute atomic E-state index is 0.0612. The average Bonchev–Trinajstić information content (AvgIpc) is 2.19. The molecule has 0 atom stereocenters. The van der Waals surface area contributed by atoms with Gasteiger partial charge in [0.05, 0.1) is 16.6 Å². The number of methoxy groups -OCH3 is 1. The molecule has 90 valence electrons. The van der Waals surface area contributed by atoms with Crippen LogP contribution in [0.4, 0.5) is 13.2 Å². The monoisotopic (exact) mass is 367 g/mol. The Bertz CT molecular complexity index is 386. The first kappa shape index (κ1) is 13.6. The second kappa shape index (κ2) is 5.26. The average molecular weight is 367 g/mol. The Labute approximate surface area is 108 Å². The van der Waals surface area contributed by atoms with Crippen LogP contribution < -0.4 is 9.47 Å². The molecule has 8 heteroatoms. The van der Waals surface area contributed by atoms with Crippen molar-refractivity contribution in [2.24, 2.45) is 0 Å². The minimum atomic E-state index is -4.78. The van der Waals surface area contributed by atoms with Crippen LogP contribution in [0, 0.1) is 3.57 Å². The Morgan fingerprint density at radius 2 is 2.06 bits per heavy atom. The lowest BCUT2D eigenvalue weighted by atomic mass is 10.3. The molecule has 0 N–H and O–H groups in total. The van der Waals surface area contributed by atoms with Crippen molar-refractivity contribution >= 4 is 34.2 Å². The maximum atomic E-state index is 12.1. The highest BCUT2D eigenvalue weighted by atomic mass is 127. The summed E-state index contributed by atoms with van der Waals surface area (Å²) in [5, 5.41) is 0. The van der Waals surface area contributed by atoms with Crippen molar-refractivity contribution in [3.05, 3.63) is 15.5 Å². The van der Waals surface area contributed by atoms with Crippen LogP contribution in [0.1, 0.15) is 5.69 Å². The van der Waals surface area contributed by atoms with Crippen LogP contribution in [0.5, 0.6) is 11.5 Å². The van der Waals surface area contributed by atoms with Gasteiger partial charge in [-0.3, -0.25) is 4.98 Å². The molecular weight excluding hydrogens is 361 g/mol. The number of hydrogen-bond donors (Lipinski definition) is 0. The van der Waals surface area contributed by atoms with Gasteiger partial charge >= 0.3 is 6.36 Å². The molecule has 0 aromatic carbocycles. The molecule has 0 amide bonds. The van der Waals surface area contributed by atoms with Crippen LogP contribution in [-0.2, 0) is 5.88 Å². The van der Waals surface area contributed by atoms with E-state index >= 15 is 0 Å². The Kier molecular flexibility index (Phi) is 4.48. The van der Waals surface area contributed by atoms with Gasteiger partial charge < -0.3 is 9.47 Å². The summed E-state index contributed by atoms with van der Waals surface area (Å²) in [7, 11) is 1.23. The largest absolute Gasteiger partial charge is 0.573 e. The van der Waals surface area contributed by atoms with E-state index in [1.54, 1.807) is 22.6 Å². The molecule has 0 bridgehead atoms. The van der Waals surface area contributed by atoms with E-state index in [0.29, 0.717) is 0 Å². The van der Waals surface area contributed by atoms with E-state index < -0.39 is 12.1 Å². The molecule has 0 unspecified atom stereocenters. The zero-order valence-corrected chi connectivity index (χ0v) is 10.9. The van der Waals surface area contributed by atoms with Gasteiger partial charge in [-0.15, -0.1) is 24.8 Å². The van der Waals surface area contributed by atoms with Crippen molar-refractivity contribution in [1.82, 2.24) is 4.98 Å². The van der Waals surface area contributed by atoms with Gasteiger partial charge in [0, 0.05) is 6.20 Å². The summed E-state index contributed by atoms with van der Waals surface area (Å²) in [6.45, 7) is 0. The lowest BCUT2D eigenvalue weighted by molar-refractivity contribution is -0.275. The molecule has 1 aromatic heterocycles. The predicted octanol–water partition coefficient (Wildman–Crippen LogP) is 3.33.